The van der Waals surface area contributed by atoms with E-state index in [0.29, 0.717) is 0 Å². The Labute approximate surface area is 131 Å². The van der Waals surface area contributed by atoms with Gasteiger partial charge in [0.2, 0.25) is 6.29 Å². The van der Waals surface area contributed by atoms with Crippen molar-refractivity contribution in [3.05, 3.63) is 10.4 Å². The molecule has 2 N–H and O–H groups in total. The average molecular weight is 330 g/mol. The summed E-state index contributed by atoms with van der Waals surface area (Å²) in [4.78, 5) is 36.3. The number of hydrogen-bond donors (Lipinski definition) is 1. The van der Waals surface area contributed by atoms with Crippen LogP contribution in [0.5, 0.6) is 0 Å². The van der Waals surface area contributed by atoms with Crippen LogP contribution in [-0.2, 0) is 33.3 Å². The van der Waals surface area contributed by atoms with Crippen LogP contribution >= 0.6 is 0 Å². The average Bonchev–Trinajstić information content (AvgIpc) is 2.43. The zero-order valence-corrected chi connectivity index (χ0v) is 12.9. The van der Waals surface area contributed by atoms with Crippen molar-refractivity contribution in [1.82, 2.24) is 0 Å². The number of nitrogens with two attached hydrogens (primary N) is 1. The van der Waals surface area contributed by atoms with Crippen LogP contribution in [0.15, 0.2) is 5.11 Å². The smallest absolute Gasteiger partial charge is 0.304 e. The lowest BCUT2D eigenvalue weighted by Crippen LogP contribution is -2.64. The standard InChI is InChI=1S/C12H18N4O7/c1-5(17)20-10-8(4-15-16-14)23-12(22-7(3)19)9(13)11(10)21-6(2)18/h8-12H,4,13H2,1-3H3/t8?,9?,10-,11?,12-/m1/s1. The third kappa shape index (κ3) is 5.40. The molecule has 3 unspecified atom stereocenters. The molecule has 1 rings (SSSR count). The minimum absolute atomic E-state index is 0.239. The van der Waals surface area contributed by atoms with E-state index < -0.39 is 48.6 Å². The molecule has 23 heavy (non-hydrogen) atoms. The van der Waals surface area contributed by atoms with Crippen molar-refractivity contribution in [2.24, 2.45) is 10.8 Å². The quantitative estimate of drug-likeness (QED) is 0.237. The van der Waals surface area contributed by atoms with Crippen molar-refractivity contribution in [3.8, 4) is 0 Å². The number of nitrogens with zero attached hydrogens (tertiary/aromatic N) is 3. The molecule has 11 nitrogen and oxygen atoms in total. The summed E-state index contributed by atoms with van der Waals surface area (Å²) in [6, 6.07) is -1.09. The highest BCUT2D eigenvalue weighted by Crippen LogP contribution is 2.26. The number of hydrogen-bond acceptors (Lipinski definition) is 9. The van der Waals surface area contributed by atoms with Crippen LogP contribution in [0, 0.1) is 0 Å². The topological polar surface area (TPSA) is 163 Å². The Morgan fingerprint density at radius 3 is 2.09 bits per heavy atom. The summed E-state index contributed by atoms with van der Waals surface area (Å²) in [6.45, 7) is 3.21. The highest BCUT2D eigenvalue weighted by atomic mass is 16.7. The van der Waals surface area contributed by atoms with Crippen LogP contribution in [0.1, 0.15) is 20.8 Å². The van der Waals surface area contributed by atoms with Gasteiger partial charge >= 0.3 is 17.9 Å². The number of carbonyl (C=O) groups excluding carboxylic acids is 3. The second-order valence-corrected chi connectivity index (χ2v) is 4.79. The van der Waals surface area contributed by atoms with Crippen molar-refractivity contribution in [1.29, 1.82) is 0 Å². The predicted molar refractivity (Wildman–Crippen MR) is 73.5 cm³/mol. The summed E-state index contributed by atoms with van der Waals surface area (Å²) in [5, 5.41) is 3.35. The number of ether oxygens (including phenoxy) is 4. The fourth-order valence-electron chi connectivity index (χ4n) is 2.13. The summed E-state index contributed by atoms with van der Waals surface area (Å²) >= 11 is 0. The maximum absolute atomic E-state index is 11.3. The van der Waals surface area contributed by atoms with Gasteiger partial charge in [0.15, 0.2) is 12.2 Å². The van der Waals surface area contributed by atoms with Gasteiger partial charge in [-0.2, -0.15) is 0 Å². The highest BCUT2D eigenvalue weighted by Gasteiger charge is 2.49. The second kappa shape index (κ2) is 8.32. The summed E-state index contributed by atoms with van der Waals surface area (Å²) in [5.41, 5.74) is 14.3. The van der Waals surface area contributed by atoms with Crippen LogP contribution in [0.2, 0.25) is 0 Å². The Morgan fingerprint density at radius 2 is 1.61 bits per heavy atom. The van der Waals surface area contributed by atoms with Crippen LogP contribution in [0.25, 0.3) is 10.4 Å². The van der Waals surface area contributed by atoms with E-state index >= 15 is 0 Å². The molecule has 0 aliphatic carbocycles. The fourth-order valence-corrected chi connectivity index (χ4v) is 2.13. The van der Waals surface area contributed by atoms with Crippen LogP contribution in [-0.4, -0.2) is 55.1 Å². The van der Waals surface area contributed by atoms with E-state index in [4.69, 9.17) is 30.2 Å². The van der Waals surface area contributed by atoms with Crippen molar-refractivity contribution in [2.45, 2.75) is 51.4 Å². The van der Waals surface area contributed by atoms with Gasteiger partial charge in [0, 0.05) is 25.7 Å². The van der Waals surface area contributed by atoms with Gasteiger partial charge in [-0.05, 0) is 5.53 Å². The molecule has 1 aliphatic rings. The Hall–Kier alpha value is -2.36. The fraction of sp³-hybridized carbons (Fsp3) is 0.750. The molecule has 0 spiro atoms. The minimum Gasteiger partial charge on any atom is -0.457 e. The molecule has 0 aromatic heterocycles. The van der Waals surface area contributed by atoms with Crippen molar-refractivity contribution >= 4 is 17.9 Å². The predicted octanol–water partition coefficient (Wildman–Crippen LogP) is -0.225. The summed E-state index contributed by atoms with van der Waals surface area (Å²) in [5.74, 6) is -2.01. The summed E-state index contributed by atoms with van der Waals surface area (Å²) < 4.78 is 20.5. The van der Waals surface area contributed by atoms with Crippen molar-refractivity contribution in [2.75, 3.05) is 6.54 Å². The first-order chi connectivity index (χ1) is 10.8. The van der Waals surface area contributed by atoms with E-state index in [9.17, 15) is 14.4 Å². The van der Waals surface area contributed by atoms with Gasteiger partial charge in [0.05, 0.1) is 6.54 Å². The van der Waals surface area contributed by atoms with Gasteiger partial charge in [-0.15, -0.1) is 0 Å². The molecule has 5 atom stereocenters. The van der Waals surface area contributed by atoms with Crippen molar-refractivity contribution < 1.29 is 33.3 Å². The lowest BCUT2D eigenvalue weighted by molar-refractivity contribution is -0.258. The normalized spacial score (nSPS) is 29.8. The molecule has 0 bridgehead atoms. The van der Waals surface area contributed by atoms with Gasteiger partial charge in [-0.3, -0.25) is 14.4 Å². The lowest BCUT2D eigenvalue weighted by Gasteiger charge is -2.42. The summed E-state index contributed by atoms with van der Waals surface area (Å²) in [6.07, 6.45) is -4.48. The molecule has 1 aliphatic heterocycles. The number of azide groups is 1. The molecule has 0 amide bonds. The first-order valence-corrected chi connectivity index (χ1v) is 6.69. The molecule has 0 saturated carbocycles. The third-order valence-corrected chi connectivity index (χ3v) is 2.90. The Kier molecular flexibility index (Phi) is 6.76. The van der Waals surface area contributed by atoms with Gasteiger partial charge in [-0.25, -0.2) is 0 Å². The maximum Gasteiger partial charge on any atom is 0.304 e. The number of carbonyl (C=O) groups is 3. The molecule has 1 saturated heterocycles. The Morgan fingerprint density at radius 1 is 1.09 bits per heavy atom. The summed E-state index contributed by atoms with van der Waals surface area (Å²) in [7, 11) is 0. The van der Waals surface area contributed by atoms with Crippen molar-refractivity contribution in [3.63, 3.8) is 0 Å². The molecule has 128 valence electrons. The van der Waals surface area contributed by atoms with E-state index in [1.54, 1.807) is 0 Å². The first kappa shape index (κ1) is 18.7. The third-order valence-electron chi connectivity index (χ3n) is 2.90. The SMILES string of the molecule is CC(=O)OC1C(N)[C@H](OC(C)=O)OC(CN=[N+]=[N-])[C@H]1OC(C)=O. The highest BCUT2D eigenvalue weighted by molar-refractivity contribution is 5.68. The van der Waals surface area contributed by atoms with E-state index in [-0.39, 0.29) is 6.54 Å². The lowest BCUT2D eigenvalue weighted by atomic mass is 9.96. The molecular formula is C12H18N4O7. The zero-order valence-electron chi connectivity index (χ0n) is 12.9. The van der Waals surface area contributed by atoms with E-state index in [1.165, 1.54) is 0 Å². The molecular weight excluding hydrogens is 312 g/mol. The largest absolute Gasteiger partial charge is 0.457 e. The van der Waals surface area contributed by atoms with Gasteiger partial charge in [0.1, 0.15) is 12.1 Å². The van der Waals surface area contributed by atoms with Crippen LogP contribution in [0.4, 0.5) is 0 Å². The van der Waals surface area contributed by atoms with E-state index in [0.717, 1.165) is 20.8 Å². The number of esters is 3. The second-order valence-electron chi connectivity index (χ2n) is 4.79. The van der Waals surface area contributed by atoms with Gasteiger partial charge in [-0.1, -0.05) is 5.11 Å². The maximum atomic E-state index is 11.3. The molecule has 0 aromatic rings. The van der Waals surface area contributed by atoms with Crippen LogP contribution in [0.3, 0.4) is 0 Å². The zero-order chi connectivity index (χ0) is 17.6. The number of rotatable bonds is 5. The van der Waals surface area contributed by atoms with Gasteiger partial charge in [0.25, 0.3) is 0 Å². The monoisotopic (exact) mass is 330 g/mol. The Balaban J connectivity index is 3.11. The Bertz CT molecular complexity index is 520. The van der Waals surface area contributed by atoms with E-state index in [2.05, 4.69) is 10.0 Å². The molecule has 11 heteroatoms. The minimum atomic E-state index is -1.25. The first-order valence-electron chi connectivity index (χ1n) is 6.69. The molecule has 1 heterocycles. The van der Waals surface area contributed by atoms with Gasteiger partial charge < -0.3 is 24.7 Å². The van der Waals surface area contributed by atoms with Crippen LogP contribution < -0.4 is 5.73 Å². The molecule has 0 radical (unpaired) electrons. The molecule has 0 aromatic carbocycles. The molecule has 1 fully saturated rings. The van der Waals surface area contributed by atoms with E-state index in [1.807, 2.05) is 0 Å².